The number of rotatable bonds is 13. The van der Waals surface area contributed by atoms with E-state index in [1.54, 1.807) is 0 Å². The van der Waals surface area contributed by atoms with Crippen molar-refractivity contribution in [1.29, 1.82) is 0 Å². The summed E-state index contributed by atoms with van der Waals surface area (Å²) < 4.78 is 32.7. The molecule has 0 saturated carbocycles. The van der Waals surface area contributed by atoms with Crippen LogP contribution >= 0.6 is 0 Å². The third kappa shape index (κ3) is 8.86. The zero-order chi connectivity index (χ0) is 31.6. The Kier molecular flexibility index (Phi) is 11.8. The van der Waals surface area contributed by atoms with Crippen LogP contribution in [0.4, 0.5) is 19.3 Å². The molecule has 2 aromatic carbocycles. The number of hydrogen-bond donors (Lipinski definition) is 4. The second-order valence-electron chi connectivity index (χ2n) is 11.6. The largest absolute Gasteiger partial charge is 0.378 e. The van der Waals surface area contributed by atoms with Gasteiger partial charge in [-0.15, -0.1) is 0 Å². The fourth-order valence-electron chi connectivity index (χ4n) is 5.68. The Labute approximate surface area is 257 Å². The number of piperidine rings is 1. The van der Waals surface area contributed by atoms with E-state index in [2.05, 4.69) is 38.3 Å². The van der Waals surface area contributed by atoms with Crippen LogP contribution in [0.25, 0.3) is 0 Å². The van der Waals surface area contributed by atoms with Crippen LogP contribution in [0.15, 0.2) is 53.7 Å². The zero-order valence-corrected chi connectivity index (χ0v) is 25.7. The van der Waals surface area contributed by atoms with Crippen molar-refractivity contribution in [1.82, 2.24) is 20.9 Å². The van der Waals surface area contributed by atoms with Crippen molar-refractivity contribution in [3.8, 4) is 0 Å². The molecule has 9 nitrogen and oxygen atoms in total. The molecule has 1 fully saturated rings. The molecule has 2 aliphatic rings. The molecule has 4 amide bonds. The lowest BCUT2D eigenvalue weighted by atomic mass is 9.89. The molecule has 2 atom stereocenters. The first-order valence-corrected chi connectivity index (χ1v) is 15.3. The van der Waals surface area contributed by atoms with E-state index in [9.17, 15) is 23.2 Å². The molecule has 238 valence electrons. The molecular formula is C33H43F2N5O4. The Hall–Kier alpha value is -3.83. The Bertz CT molecular complexity index is 1360. The van der Waals surface area contributed by atoms with Crippen LogP contribution in [0.3, 0.4) is 0 Å². The first-order valence-electron chi connectivity index (χ1n) is 15.3. The molecule has 2 aliphatic heterocycles. The van der Waals surface area contributed by atoms with E-state index in [-0.39, 0.29) is 30.8 Å². The molecule has 0 radical (unpaired) electrons. The average Bonchev–Trinajstić information content (AvgIpc) is 3.02. The Morgan fingerprint density at radius 1 is 1.09 bits per heavy atom. The summed E-state index contributed by atoms with van der Waals surface area (Å²) in [6.45, 7) is 7.24. The lowest BCUT2D eigenvalue weighted by Gasteiger charge is -2.32. The van der Waals surface area contributed by atoms with Crippen LogP contribution < -0.4 is 21.3 Å². The fourth-order valence-corrected chi connectivity index (χ4v) is 5.68. The second kappa shape index (κ2) is 15.8. The minimum absolute atomic E-state index is 0.0203. The highest BCUT2D eigenvalue weighted by molar-refractivity contribution is 5.92. The highest BCUT2D eigenvalue weighted by Gasteiger charge is 2.30. The van der Waals surface area contributed by atoms with Crippen molar-refractivity contribution >= 4 is 23.5 Å². The fraction of sp³-hybridized carbons (Fsp3) is 0.485. The number of halogens is 2. The van der Waals surface area contributed by atoms with Gasteiger partial charge >= 0.3 is 6.03 Å². The van der Waals surface area contributed by atoms with Crippen molar-refractivity contribution in [3.63, 3.8) is 0 Å². The third-order valence-corrected chi connectivity index (χ3v) is 8.44. The number of likely N-dealkylation sites (tertiary alicyclic amines) is 1. The molecule has 0 bridgehead atoms. The molecule has 0 aromatic heterocycles. The van der Waals surface area contributed by atoms with Crippen LogP contribution in [0, 0.1) is 17.6 Å². The maximum Gasteiger partial charge on any atom is 0.319 e. The normalized spacial score (nSPS) is 18.4. The van der Waals surface area contributed by atoms with Gasteiger partial charge in [0.2, 0.25) is 11.8 Å². The van der Waals surface area contributed by atoms with E-state index in [0.29, 0.717) is 29.3 Å². The number of carbonyl (C=O) groups excluding carboxylic acids is 3. The first-order chi connectivity index (χ1) is 21.2. The topological polar surface area (TPSA) is 112 Å². The van der Waals surface area contributed by atoms with Gasteiger partial charge in [0.15, 0.2) is 11.6 Å². The number of nitrogens with zero attached hydrogens (tertiary/aromatic N) is 1. The molecule has 4 rings (SSSR count). The number of ether oxygens (including phenoxy) is 1. The molecule has 0 aliphatic carbocycles. The molecule has 1 saturated heterocycles. The van der Waals surface area contributed by atoms with Gasteiger partial charge in [-0.05, 0) is 92.2 Å². The van der Waals surface area contributed by atoms with Crippen LogP contribution in [0.5, 0.6) is 0 Å². The lowest BCUT2D eigenvalue weighted by molar-refractivity contribution is -0.121. The van der Waals surface area contributed by atoms with E-state index in [1.807, 2.05) is 26.0 Å². The molecule has 2 aromatic rings. The highest BCUT2D eigenvalue weighted by Crippen LogP contribution is 2.31. The number of benzene rings is 2. The number of nitrogens with one attached hydrogen (secondary N) is 4. The van der Waals surface area contributed by atoms with Crippen LogP contribution in [-0.4, -0.2) is 62.6 Å². The quantitative estimate of drug-likeness (QED) is 0.239. The van der Waals surface area contributed by atoms with Gasteiger partial charge in [-0.25, -0.2) is 13.6 Å². The summed E-state index contributed by atoms with van der Waals surface area (Å²) in [6, 6.07) is 10.3. The van der Waals surface area contributed by atoms with Crippen molar-refractivity contribution in [2.75, 3.05) is 45.2 Å². The molecule has 4 N–H and O–H groups in total. The van der Waals surface area contributed by atoms with Gasteiger partial charge in [-0.1, -0.05) is 32.0 Å². The SMILES string of the molecule is CCC(C)C(=O)Nc1cccc(C2CCN(CCCNC(=O)CC3=C(COC)NC(=O)N[C@@H]3c3ccc(F)c(F)c3)CC2)c1. The molecule has 0 spiro atoms. The van der Waals surface area contributed by atoms with Crippen molar-refractivity contribution in [2.45, 2.75) is 57.9 Å². The third-order valence-electron chi connectivity index (χ3n) is 8.44. The summed E-state index contributed by atoms with van der Waals surface area (Å²) >= 11 is 0. The number of urea groups is 1. The van der Waals surface area contributed by atoms with Crippen LogP contribution in [0.1, 0.15) is 69.0 Å². The molecule has 44 heavy (non-hydrogen) atoms. The van der Waals surface area contributed by atoms with Gasteiger partial charge in [0.1, 0.15) is 0 Å². The maximum absolute atomic E-state index is 14.0. The smallest absolute Gasteiger partial charge is 0.319 e. The molecule has 2 heterocycles. The summed E-state index contributed by atoms with van der Waals surface area (Å²) in [6.07, 6.45) is 3.58. The standard InChI is InChI=1S/C33H43F2N5O4/c1-4-21(2)32(42)37-25-8-5-7-23(17-25)22-11-15-40(16-12-22)14-6-13-36-30(41)19-26-29(20-44-3)38-33(43)39-31(26)24-9-10-27(34)28(35)18-24/h5,7-10,17-18,21-22,31H,4,6,11-16,19-20H2,1-3H3,(H,36,41)(H,37,42)(H2,38,39,43)/t21?,31-/m1/s1. The summed E-state index contributed by atoms with van der Waals surface area (Å²) in [5.74, 6) is -1.80. The number of amides is 4. The zero-order valence-electron chi connectivity index (χ0n) is 25.7. The van der Waals surface area contributed by atoms with E-state index < -0.39 is 23.7 Å². The minimum Gasteiger partial charge on any atom is -0.378 e. The summed E-state index contributed by atoms with van der Waals surface area (Å²) in [5, 5.41) is 11.4. The average molecular weight is 612 g/mol. The first kappa shape index (κ1) is 33.1. The predicted molar refractivity (Wildman–Crippen MR) is 165 cm³/mol. The monoisotopic (exact) mass is 611 g/mol. The van der Waals surface area contributed by atoms with Gasteiger partial charge in [0, 0.05) is 31.0 Å². The van der Waals surface area contributed by atoms with Gasteiger partial charge in [0.25, 0.3) is 0 Å². The van der Waals surface area contributed by atoms with Crippen molar-refractivity contribution in [2.24, 2.45) is 5.92 Å². The summed E-state index contributed by atoms with van der Waals surface area (Å²) in [7, 11) is 1.47. The Morgan fingerprint density at radius 3 is 2.57 bits per heavy atom. The van der Waals surface area contributed by atoms with E-state index >= 15 is 0 Å². The van der Waals surface area contributed by atoms with Gasteiger partial charge in [-0.3, -0.25) is 9.59 Å². The predicted octanol–water partition coefficient (Wildman–Crippen LogP) is 4.98. The minimum atomic E-state index is -1.03. The van der Waals surface area contributed by atoms with E-state index in [1.165, 1.54) is 18.7 Å². The van der Waals surface area contributed by atoms with Crippen molar-refractivity contribution < 1.29 is 27.9 Å². The molecule has 1 unspecified atom stereocenters. The molecule has 11 heteroatoms. The Balaban J connectivity index is 1.25. The highest BCUT2D eigenvalue weighted by atomic mass is 19.2. The number of anilines is 1. The molecular weight excluding hydrogens is 568 g/mol. The van der Waals surface area contributed by atoms with Crippen LogP contribution in [-0.2, 0) is 14.3 Å². The van der Waals surface area contributed by atoms with Gasteiger partial charge in [0.05, 0.1) is 19.1 Å². The van der Waals surface area contributed by atoms with E-state index in [0.717, 1.165) is 63.1 Å². The lowest BCUT2D eigenvalue weighted by Crippen LogP contribution is -2.46. The van der Waals surface area contributed by atoms with Crippen LogP contribution in [0.2, 0.25) is 0 Å². The second-order valence-corrected chi connectivity index (χ2v) is 11.6. The van der Waals surface area contributed by atoms with Gasteiger partial charge in [-0.2, -0.15) is 0 Å². The summed E-state index contributed by atoms with van der Waals surface area (Å²) in [5.41, 5.74) is 3.38. The van der Waals surface area contributed by atoms with E-state index in [4.69, 9.17) is 4.74 Å². The van der Waals surface area contributed by atoms with Crippen molar-refractivity contribution in [3.05, 3.63) is 76.5 Å². The number of methoxy groups -OCH3 is 1. The number of hydrogen-bond acceptors (Lipinski definition) is 5. The van der Waals surface area contributed by atoms with Gasteiger partial charge < -0.3 is 30.9 Å². The summed E-state index contributed by atoms with van der Waals surface area (Å²) in [4.78, 5) is 39.9. The Morgan fingerprint density at radius 2 is 1.86 bits per heavy atom. The maximum atomic E-state index is 14.0. The number of carbonyl (C=O) groups is 3.